The largest absolute Gasteiger partial charge is 0.313 e. The van der Waals surface area contributed by atoms with Gasteiger partial charge in [-0.05, 0) is 11.4 Å². The van der Waals surface area contributed by atoms with Crippen molar-refractivity contribution < 1.29 is 9.72 Å². The fourth-order valence-corrected chi connectivity index (χ4v) is 2.18. The summed E-state index contributed by atoms with van der Waals surface area (Å²) in [6.07, 6.45) is 1.42. The zero-order valence-corrected chi connectivity index (χ0v) is 10.9. The molecule has 1 aromatic rings. The number of rotatable bonds is 4. The second-order valence-corrected chi connectivity index (χ2v) is 4.68. The van der Waals surface area contributed by atoms with Gasteiger partial charge in [0.2, 0.25) is 11.7 Å². The number of nitro groups is 1. The Morgan fingerprint density at radius 2 is 2.45 bits per heavy atom. The number of nitrogens with zero attached hydrogens (tertiary/aromatic N) is 6. The maximum Gasteiger partial charge on any atom is 0.313 e. The van der Waals surface area contributed by atoms with Gasteiger partial charge in [0.1, 0.15) is 0 Å². The number of halogens is 1. The highest BCUT2D eigenvalue weighted by molar-refractivity contribution is 6.30. The number of hydrogen-bond donors (Lipinski definition) is 0. The number of hydrogen-bond acceptors (Lipinski definition) is 5. The van der Waals surface area contributed by atoms with Crippen molar-refractivity contribution in [1.29, 1.82) is 0 Å². The van der Waals surface area contributed by atoms with E-state index in [1.807, 2.05) is 0 Å². The molecule has 1 fully saturated rings. The molecular formula is C10H9ClN6O3. The molecule has 0 radical (unpaired) electrons. The highest BCUT2D eigenvalue weighted by Gasteiger charge is 2.35. The molecule has 1 aliphatic rings. The number of carbonyl (C=O) groups excluding carboxylic acids is 1. The van der Waals surface area contributed by atoms with Crippen LogP contribution in [0.3, 0.4) is 0 Å². The minimum atomic E-state index is -0.637. The summed E-state index contributed by atoms with van der Waals surface area (Å²) in [4.78, 5) is 30.0. The van der Waals surface area contributed by atoms with Crippen molar-refractivity contribution in [2.24, 2.45) is 11.0 Å². The summed E-state index contributed by atoms with van der Waals surface area (Å²) in [6.45, 7) is 0.396. The Labute approximate surface area is 117 Å². The van der Waals surface area contributed by atoms with E-state index in [-0.39, 0.29) is 47.9 Å². The fraction of sp³-hybridized carbons (Fsp3) is 0.400. The zero-order chi connectivity index (χ0) is 14.7. The standard InChI is InChI=1S/C10H9ClN6O3/c11-7-2-8(17(19)20)10(13-4-7)16-5-6(1-9(16)18)3-14-15-12/h2,4,6H,1,3,5H2. The van der Waals surface area contributed by atoms with E-state index in [4.69, 9.17) is 17.1 Å². The summed E-state index contributed by atoms with van der Waals surface area (Å²) in [6, 6.07) is 1.15. The van der Waals surface area contributed by atoms with Crippen LogP contribution in [0.5, 0.6) is 0 Å². The van der Waals surface area contributed by atoms with Crippen LogP contribution in [-0.2, 0) is 4.79 Å². The van der Waals surface area contributed by atoms with E-state index < -0.39 is 4.92 Å². The van der Waals surface area contributed by atoms with Crippen LogP contribution in [0, 0.1) is 16.0 Å². The molecule has 1 aliphatic heterocycles. The molecule has 0 saturated carbocycles. The molecule has 9 nitrogen and oxygen atoms in total. The van der Waals surface area contributed by atoms with Crippen LogP contribution in [0.25, 0.3) is 10.4 Å². The SMILES string of the molecule is [N-]=[N+]=NCC1CC(=O)N(c2ncc(Cl)cc2[N+](=O)[O-])C1. The Morgan fingerprint density at radius 3 is 3.10 bits per heavy atom. The molecule has 0 bridgehead atoms. The van der Waals surface area contributed by atoms with Crippen molar-refractivity contribution in [2.75, 3.05) is 18.0 Å². The van der Waals surface area contributed by atoms with Gasteiger partial charge in [0, 0.05) is 36.7 Å². The minimum absolute atomic E-state index is 0.0344. The number of pyridine rings is 1. The summed E-state index contributed by atoms with van der Waals surface area (Å²) in [5.41, 5.74) is 7.94. The molecule has 10 heteroatoms. The first-order valence-corrected chi connectivity index (χ1v) is 6.02. The van der Waals surface area contributed by atoms with E-state index in [1.165, 1.54) is 11.1 Å². The lowest BCUT2D eigenvalue weighted by Crippen LogP contribution is -2.26. The summed E-state index contributed by atoms with van der Waals surface area (Å²) < 4.78 is 0. The molecule has 2 heterocycles. The molecule has 1 unspecified atom stereocenters. The van der Waals surface area contributed by atoms with E-state index in [1.54, 1.807) is 0 Å². The number of carbonyl (C=O) groups is 1. The first-order valence-electron chi connectivity index (χ1n) is 5.64. The van der Waals surface area contributed by atoms with Crippen molar-refractivity contribution in [2.45, 2.75) is 6.42 Å². The van der Waals surface area contributed by atoms with Gasteiger partial charge >= 0.3 is 5.69 Å². The van der Waals surface area contributed by atoms with Gasteiger partial charge in [-0.2, -0.15) is 0 Å². The van der Waals surface area contributed by atoms with Crippen LogP contribution in [0.15, 0.2) is 17.4 Å². The lowest BCUT2D eigenvalue weighted by molar-refractivity contribution is -0.384. The maximum atomic E-state index is 11.9. The average Bonchev–Trinajstić information content (AvgIpc) is 2.77. The molecule has 1 amide bonds. The summed E-state index contributed by atoms with van der Waals surface area (Å²) in [5.74, 6) is -0.496. The highest BCUT2D eigenvalue weighted by atomic mass is 35.5. The van der Waals surface area contributed by atoms with Crippen molar-refractivity contribution in [1.82, 2.24) is 4.98 Å². The number of amides is 1. The smallest absolute Gasteiger partial charge is 0.291 e. The normalized spacial score (nSPS) is 17.9. The van der Waals surface area contributed by atoms with Gasteiger partial charge in [-0.25, -0.2) is 4.98 Å². The molecule has 2 rings (SSSR count). The lowest BCUT2D eigenvalue weighted by atomic mass is 10.1. The van der Waals surface area contributed by atoms with Crippen LogP contribution < -0.4 is 4.90 Å². The van der Waals surface area contributed by atoms with Crippen LogP contribution in [0.2, 0.25) is 5.02 Å². The Bertz CT molecular complexity index is 615. The van der Waals surface area contributed by atoms with Gasteiger partial charge < -0.3 is 0 Å². The monoisotopic (exact) mass is 296 g/mol. The zero-order valence-electron chi connectivity index (χ0n) is 10.1. The summed E-state index contributed by atoms with van der Waals surface area (Å²) in [5, 5.41) is 14.5. The molecule has 0 aromatic carbocycles. The van der Waals surface area contributed by atoms with Crippen molar-refractivity contribution >= 4 is 29.0 Å². The third kappa shape index (κ3) is 2.79. The minimum Gasteiger partial charge on any atom is -0.291 e. The Morgan fingerprint density at radius 1 is 1.70 bits per heavy atom. The van der Waals surface area contributed by atoms with Crippen LogP contribution in [-0.4, -0.2) is 28.9 Å². The lowest BCUT2D eigenvalue weighted by Gasteiger charge is -2.15. The molecule has 0 spiro atoms. The fourth-order valence-electron chi connectivity index (χ4n) is 2.02. The van der Waals surface area contributed by atoms with Gasteiger partial charge in [0.25, 0.3) is 0 Å². The molecule has 1 saturated heterocycles. The van der Waals surface area contributed by atoms with E-state index in [0.29, 0.717) is 0 Å². The first-order chi connectivity index (χ1) is 9.52. The first kappa shape index (κ1) is 14.0. The highest BCUT2D eigenvalue weighted by Crippen LogP contribution is 2.32. The average molecular weight is 297 g/mol. The Balaban J connectivity index is 2.30. The van der Waals surface area contributed by atoms with Gasteiger partial charge in [-0.3, -0.25) is 19.8 Å². The van der Waals surface area contributed by atoms with Gasteiger partial charge in [-0.1, -0.05) is 16.7 Å². The second kappa shape index (κ2) is 5.72. The van der Waals surface area contributed by atoms with Gasteiger partial charge in [0.15, 0.2) is 0 Å². The molecule has 1 atom stereocenters. The molecular weight excluding hydrogens is 288 g/mol. The predicted molar refractivity (Wildman–Crippen MR) is 70.4 cm³/mol. The maximum absolute atomic E-state index is 11.9. The van der Waals surface area contributed by atoms with Crippen molar-refractivity contribution in [3.63, 3.8) is 0 Å². The van der Waals surface area contributed by atoms with Crippen LogP contribution >= 0.6 is 11.6 Å². The van der Waals surface area contributed by atoms with Gasteiger partial charge in [0.05, 0.1) is 9.95 Å². The topological polar surface area (TPSA) is 125 Å². The van der Waals surface area contributed by atoms with Crippen LogP contribution in [0.1, 0.15) is 6.42 Å². The van der Waals surface area contributed by atoms with E-state index in [9.17, 15) is 14.9 Å². The summed E-state index contributed by atoms with van der Waals surface area (Å²) in [7, 11) is 0. The Kier molecular flexibility index (Phi) is 4.02. The number of azide groups is 1. The van der Waals surface area contributed by atoms with E-state index >= 15 is 0 Å². The molecule has 20 heavy (non-hydrogen) atoms. The van der Waals surface area contributed by atoms with E-state index in [2.05, 4.69) is 15.0 Å². The number of aromatic nitrogens is 1. The third-order valence-corrected chi connectivity index (χ3v) is 3.08. The van der Waals surface area contributed by atoms with E-state index in [0.717, 1.165) is 6.07 Å². The molecule has 1 aromatic heterocycles. The van der Waals surface area contributed by atoms with Crippen molar-refractivity contribution in [3.8, 4) is 0 Å². The molecule has 0 aliphatic carbocycles. The number of anilines is 1. The van der Waals surface area contributed by atoms with Crippen molar-refractivity contribution in [3.05, 3.63) is 37.8 Å². The third-order valence-electron chi connectivity index (χ3n) is 2.87. The van der Waals surface area contributed by atoms with Gasteiger partial charge in [-0.15, -0.1) is 0 Å². The quantitative estimate of drug-likeness (QED) is 0.278. The molecule has 0 N–H and O–H groups in total. The molecule has 104 valence electrons. The summed E-state index contributed by atoms with van der Waals surface area (Å²) >= 11 is 5.68. The second-order valence-electron chi connectivity index (χ2n) is 4.24. The Hall–Kier alpha value is -2.38. The predicted octanol–water partition coefficient (Wildman–Crippen LogP) is 2.31. The van der Waals surface area contributed by atoms with Crippen LogP contribution in [0.4, 0.5) is 11.5 Å².